The maximum atomic E-state index is 12.7. The molecule has 0 aliphatic carbocycles. The van der Waals surface area contributed by atoms with Crippen molar-refractivity contribution in [3.05, 3.63) is 23.6 Å². The van der Waals surface area contributed by atoms with Gasteiger partial charge in [-0.05, 0) is 6.42 Å². The molecule has 0 radical (unpaired) electrons. The van der Waals surface area contributed by atoms with E-state index in [1.54, 1.807) is 23.9 Å². The number of rotatable bonds is 2. The summed E-state index contributed by atoms with van der Waals surface area (Å²) in [5, 5.41) is 5.32. The molecule has 9 heteroatoms. The normalized spacial score (nSPS) is 21.9. The number of carbonyl (C=O) groups is 1. The fourth-order valence-electron chi connectivity index (χ4n) is 3.31. The van der Waals surface area contributed by atoms with E-state index in [1.165, 1.54) is 0 Å². The van der Waals surface area contributed by atoms with Crippen molar-refractivity contribution >= 4 is 46.9 Å². The number of fused-ring (bicyclic) bond motifs is 1. The highest BCUT2D eigenvalue weighted by Gasteiger charge is 2.32. The van der Waals surface area contributed by atoms with Gasteiger partial charge in [0.05, 0.1) is 6.20 Å². The van der Waals surface area contributed by atoms with E-state index in [-0.39, 0.29) is 30.7 Å². The monoisotopic (exact) mass is 377 g/mol. The number of hydrogen-bond acceptors (Lipinski definition) is 5. The van der Waals surface area contributed by atoms with Crippen LogP contribution in [-0.2, 0) is 0 Å². The quantitative estimate of drug-likeness (QED) is 0.858. The molecule has 0 aromatic carbocycles. The Morgan fingerprint density at radius 1 is 1.26 bits per heavy atom. The summed E-state index contributed by atoms with van der Waals surface area (Å²) in [5.41, 5.74) is 0.744. The number of nitrogens with zero attached hydrogens (tertiary/aromatic N) is 4. The van der Waals surface area contributed by atoms with E-state index >= 15 is 0 Å². The molecule has 23 heavy (non-hydrogen) atoms. The number of nitrogens with one attached hydrogen (secondary N) is 1. The lowest BCUT2D eigenvalue weighted by Crippen LogP contribution is -2.49. The molecule has 0 bridgehead atoms. The Balaban J connectivity index is 0.000000960. The van der Waals surface area contributed by atoms with E-state index in [4.69, 9.17) is 0 Å². The van der Waals surface area contributed by atoms with Gasteiger partial charge < -0.3 is 10.2 Å². The van der Waals surface area contributed by atoms with Crippen LogP contribution in [0.25, 0.3) is 4.83 Å². The summed E-state index contributed by atoms with van der Waals surface area (Å²) in [6.07, 6.45) is 4.61. The maximum absolute atomic E-state index is 12.7. The molecular weight excluding hydrogens is 357 g/mol. The number of thiazole rings is 1. The fraction of sp³-hybridized carbons (Fsp3) is 0.571. The molecule has 4 heterocycles. The molecule has 0 spiro atoms. The number of piperazine rings is 1. The summed E-state index contributed by atoms with van der Waals surface area (Å²) in [4.78, 5) is 22.3. The van der Waals surface area contributed by atoms with Gasteiger partial charge in [-0.1, -0.05) is 0 Å². The second-order valence-corrected chi connectivity index (χ2v) is 6.59. The third-order valence-corrected chi connectivity index (χ3v) is 5.38. The summed E-state index contributed by atoms with van der Waals surface area (Å²) in [6, 6.07) is 0.521. The first-order chi connectivity index (χ1) is 10.3. The van der Waals surface area contributed by atoms with Crippen LogP contribution in [0.5, 0.6) is 0 Å². The number of aromatic nitrogens is 2. The van der Waals surface area contributed by atoms with Crippen LogP contribution in [0.1, 0.15) is 16.9 Å². The van der Waals surface area contributed by atoms with Gasteiger partial charge in [0.2, 0.25) is 0 Å². The number of halogens is 2. The number of likely N-dealkylation sites (tertiary alicyclic amines) is 1. The van der Waals surface area contributed by atoms with Gasteiger partial charge in [0.25, 0.3) is 5.91 Å². The summed E-state index contributed by atoms with van der Waals surface area (Å²) in [6.45, 7) is 6.02. The minimum atomic E-state index is 0. The number of imidazole rings is 1. The average Bonchev–Trinajstić information content (AvgIpc) is 3.23. The molecule has 6 nitrogen and oxygen atoms in total. The highest BCUT2D eigenvalue weighted by Crippen LogP contribution is 2.21. The molecule has 1 unspecified atom stereocenters. The molecule has 1 N–H and O–H groups in total. The van der Waals surface area contributed by atoms with Crippen LogP contribution in [0.3, 0.4) is 0 Å². The third-order valence-electron chi connectivity index (χ3n) is 4.49. The summed E-state index contributed by atoms with van der Waals surface area (Å²) < 4.78 is 1.89. The molecule has 0 saturated carbocycles. The van der Waals surface area contributed by atoms with Crippen LogP contribution >= 0.6 is 36.2 Å². The Kier molecular flexibility index (Phi) is 6.27. The molecule has 2 saturated heterocycles. The predicted octanol–water partition coefficient (Wildman–Crippen LogP) is 1.36. The summed E-state index contributed by atoms with van der Waals surface area (Å²) in [7, 11) is 0. The van der Waals surface area contributed by atoms with Crippen molar-refractivity contribution in [1.82, 2.24) is 24.5 Å². The average molecular weight is 378 g/mol. The molecular formula is C14H21Cl2N5OS. The van der Waals surface area contributed by atoms with Crippen LogP contribution in [0.2, 0.25) is 0 Å². The van der Waals surface area contributed by atoms with Gasteiger partial charge >= 0.3 is 0 Å². The van der Waals surface area contributed by atoms with Crippen molar-refractivity contribution in [2.45, 2.75) is 12.5 Å². The molecule has 2 aliphatic heterocycles. The zero-order valence-electron chi connectivity index (χ0n) is 12.7. The standard InChI is InChI=1S/C14H19N5OS.2ClH/c20-14(12-9-21-13-7-16-10-19(12)13)18-4-1-11(8-18)17-5-2-15-3-6-17;;/h7,9-11,15H,1-6,8H2;2*1H. The molecule has 2 aromatic rings. The highest BCUT2D eigenvalue weighted by atomic mass is 35.5. The van der Waals surface area contributed by atoms with Crippen molar-refractivity contribution in [3.8, 4) is 0 Å². The van der Waals surface area contributed by atoms with E-state index in [9.17, 15) is 4.79 Å². The molecule has 2 aromatic heterocycles. The van der Waals surface area contributed by atoms with Crippen LogP contribution in [0, 0.1) is 0 Å². The van der Waals surface area contributed by atoms with Gasteiger partial charge in [-0.2, -0.15) is 0 Å². The lowest BCUT2D eigenvalue weighted by atomic mass is 10.2. The zero-order chi connectivity index (χ0) is 14.2. The molecule has 1 atom stereocenters. The van der Waals surface area contributed by atoms with Crippen molar-refractivity contribution in [2.24, 2.45) is 0 Å². The fourth-order valence-corrected chi connectivity index (χ4v) is 4.14. The number of carbonyl (C=O) groups excluding carboxylic acids is 1. The second-order valence-electron chi connectivity index (χ2n) is 5.70. The van der Waals surface area contributed by atoms with E-state index < -0.39 is 0 Å². The molecule has 2 aliphatic rings. The summed E-state index contributed by atoms with van der Waals surface area (Å²) in [5.74, 6) is 0.136. The Labute approximate surface area is 151 Å². The van der Waals surface area contributed by atoms with Crippen LogP contribution in [-0.4, -0.2) is 70.4 Å². The smallest absolute Gasteiger partial charge is 0.271 e. The van der Waals surface area contributed by atoms with Gasteiger partial charge in [-0.25, -0.2) is 4.98 Å². The van der Waals surface area contributed by atoms with Crippen LogP contribution in [0.4, 0.5) is 0 Å². The first kappa shape index (κ1) is 18.5. The molecule has 2 fully saturated rings. The highest BCUT2D eigenvalue weighted by molar-refractivity contribution is 7.15. The van der Waals surface area contributed by atoms with Gasteiger partial charge in [0, 0.05) is 50.7 Å². The summed E-state index contributed by atoms with van der Waals surface area (Å²) >= 11 is 1.57. The molecule has 1 amide bonds. The van der Waals surface area contributed by atoms with Crippen molar-refractivity contribution in [3.63, 3.8) is 0 Å². The van der Waals surface area contributed by atoms with Gasteiger partial charge in [0.1, 0.15) is 16.9 Å². The second kappa shape index (κ2) is 7.81. The van der Waals surface area contributed by atoms with E-state index in [0.29, 0.717) is 6.04 Å². The Hall–Kier alpha value is -0.860. The first-order valence-electron chi connectivity index (χ1n) is 7.46. The zero-order valence-corrected chi connectivity index (χ0v) is 15.1. The minimum Gasteiger partial charge on any atom is -0.336 e. The molecule has 4 rings (SSSR count). The number of hydrogen-bond donors (Lipinski definition) is 1. The lowest BCUT2D eigenvalue weighted by Gasteiger charge is -2.32. The SMILES string of the molecule is Cl.Cl.O=C(c1csc2cncn12)N1CCC(N2CCNCC2)C1. The van der Waals surface area contributed by atoms with Crippen LogP contribution < -0.4 is 5.32 Å². The van der Waals surface area contributed by atoms with Gasteiger partial charge in [-0.15, -0.1) is 36.2 Å². The maximum Gasteiger partial charge on any atom is 0.271 e. The topological polar surface area (TPSA) is 52.9 Å². The van der Waals surface area contributed by atoms with Crippen molar-refractivity contribution in [2.75, 3.05) is 39.3 Å². The minimum absolute atomic E-state index is 0. The Morgan fingerprint density at radius 2 is 2.04 bits per heavy atom. The third kappa shape index (κ3) is 3.49. The van der Waals surface area contributed by atoms with Gasteiger partial charge in [0.15, 0.2) is 0 Å². The van der Waals surface area contributed by atoms with E-state index in [1.807, 2.05) is 14.7 Å². The Bertz CT molecular complexity index is 654. The van der Waals surface area contributed by atoms with Gasteiger partial charge in [-0.3, -0.25) is 14.1 Å². The lowest BCUT2D eigenvalue weighted by molar-refractivity contribution is 0.0767. The largest absolute Gasteiger partial charge is 0.336 e. The van der Waals surface area contributed by atoms with E-state index in [0.717, 1.165) is 56.2 Å². The van der Waals surface area contributed by atoms with Crippen molar-refractivity contribution in [1.29, 1.82) is 0 Å². The molecule has 128 valence electrons. The predicted molar refractivity (Wildman–Crippen MR) is 96.3 cm³/mol. The Morgan fingerprint density at radius 3 is 2.83 bits per heavy atom. The number of amides is 1. The van der Waals surface area contributed by atoms with E-state index in [2.05, 4.69) is 15.2 Å². The first-order valence-corrected chi connectivity index (χ1v) is 8.34. The van der Waals surface area contributed by atoms with Crippen molar-refractivity contribution < 1.29 is 4.79 Å². The van der Waals surface area contributed by atoms with Crippen LogP contribution in [0.15, 0.2) is 17.9 Å².